The summed E-state index contributed by atoms with van der Waals surface area (Å²) < 4.78 is 0. The van der Waals surface area contributed by atoms with Crippen molar-refractivity contribution in [1.82, 2.24) is 15.3 Å². The molecule has 0 radical (unpaired) electrons. The molecule has 0 saturated heterocycles. The number of benzene rings is 1. The van der Waals surface area contributed by atoms with Gasteiger partial charge < -0.3 is 15.2 Å². The van der Waals surface area contributed by atoms with Crippen LogP contribution < -0.4 is 10.4 Å². The van der Waals surface area contributed by atoms with Crippen LogP contribution in [0, 0.1) is 0 Å². The van der Waals surface area contributed by atoms with Gasteiger partial charge >= 0.3 is 0 Å². The van der Waals surface area contributed by atoms with E-state index in [9.17, 15) is 14.7 Å². The SMILES string of the molecule is O=C([O-])c1nccnc1C(=O)NCCc1ccc(Cl)cc1. The maximum Gasteiger partial charge on any atom is 0.272 e. The van der Waals surface area contributed by atoms with E-state index in [1.54, 1.807) is 12.1 Å². The van der Waals surface area contributed by atoms with Gasteiger partial charge in [-0.15, -0.1) is 0 Å². The molecule has 1 N–H and O–H groups in total. The minimum Gasteiger partial charge on any atom is -0.543 e. The van der Waals surface area contributed by atoms with E-state index in [1.807, 2.05) is 12.1 Å². The second-order valence-electron chi connectivity index (χ2n) is 4.17. The first-order valence-corrected chi connectivity index (χ1v) is 6.50. The van der Waals surface area contributed by atoms with Crippen LogP contribution in [0.5, 0.6) is 0 Å². The molecule has 7 heteroatoms. The van der Waals surface area contributed by atoms with Gasteiger partial charge in [0.2, 0.25) is 0 Å². The summed E-state index contributed by atoms with van der Waals surface area (Å²) in [5, 5.41) is 14.1. The summed E-state index contributed by atoms with van der Waals surface area (Å²) in [5.74, 6) is -2.14. The molecule has 1 heterocycles. The van der Waals surface area contributed by atoms with Crippen LogP contribution in [0.15, 0.2) is 36.7 Å². The average Bonchev–Trinajstić information content (AvgIpc) is 2.49. The molecule has 0 unspecified atom stereocenters. The van der Waals surface area contributed by atoms with Crippen molar-refractivity contribution in [3.63, 3.8) is 0 Å². The highest BCUT2D eigenvalue weighted by Crippen LogP contribution is 2.09. The van der Waals surface area contributed by atoms with Crippen molar-refractivity contribution in [3.05, 3.63) is 58.6 Å². The predicted molar refractivity (Wildman–Crippen MR) is 73.9 cm³/mol. The van der Waals surface area contributed by atoms with E-state index in [-0.39, 0.29) is 5.69 Å². The molecule has 2 rings (SSSR count). The lowest BCUT2D eigenvalue weighted by molar-refractivity contribution is -0.255. The summed E-state index contributed by atoms with van der Waals surface area (Å²) >= 11 is 5.78. The fourth-order valence-corrected chi connectivity index (χ4v) is 1.83. The fraction of sp³-hybridized carbons (Fsp3) is 0.143. The number of nitrogens with one attached hydrogen (secondary N) is 1. The summed E-state index contributed by atoms with van der Waals surface area (Å²) in [6, 6.07) is 7.22. The van der Waals surface area contributed by atoms with Gasteiger partial charge in [-0.05, 0) is 24.1 Å². The average molecular weight is 305 g/mol. The lowest BCUT2D eigenvalue weighted by atomic mass is 10.1. The first kappa shape index (κ1) is 14.9. The number of amides is 1. The molecule has 0 aliphatic heterocycles. The van der Waals surface area contributed by atoms with Crippen molar-refractivity contribution in [2.45, 2.75) is 6.42 Å². The largest absolute Gasteiger partial charge is 0.543 e. The van der Waals surface area contributed by atoms with E-state index < -0.39 is 17.6 Å². The Balaban J connectivity index is 1.96. The first-order valence-electron chi connectivity index (χ1n) is 6.13. The summed E-state index contributed by atoms with van der Waals surface area (Å²) in [6.07, 6.45) is 3.03. The topological polar surface area (TPSA) is 95.0 Å². The zero-order valence-corrected chi connectivity index (χ0v) is 11.6. The van der Waals surface area contributed by atoms with Crippen LogP contribution in [0.3, 0.4) is 0 Å². The van der Waals surface area contributed by atoms with E-state index >= 15 is 0 Å². The number of hydrogen-bond donors (Lipinski definition) is 1. The van der Waals surface area contributed by atoms with Gasteiger partial charge in [-0.3, -0.25) is 9.78 Å². The second-order valence-corrected chi connectivity index (χ2v) is 4.61. The zero-order valence-electron chi connectivity index (χ0n) is 10.9. The molecule has 1 aromatic heterocycles. The highest BCUT2D eigenvalue weighted by Gasteiger charge is 2.14. The molecule has 0 bridgehead atoms. The van der Waals surface area contributed by atoms with Crippen molar-refractivity contribution in [1.29, 1.82) is 0 Å². The minimum atomic E-state index is -1.54. The van der Waals surface area contributed by atoms with Crippen LogP contribution in [-0.2, 0) is 6.42 Å². The van der Waals surface area contributed by atoms with Gasteiger partial charge in [-0.2, -0.15) is 0 Å². The molecule has 0 aliphatic carbocycles. The van der Waals surface area contributed by atoms with Crippen LogP contribution in [-0.4, -0.2) is 28.4 Å². The normalized spacial score (nSPS) is 10.1. The Bertz CT molecular complexity index is 659. The van der Waals surface area contributed by atoms with Crippen LogP contribution >= 0.6 is 11.6 Å². The lowest BCUT2D eigenvalue weighted by Gasteiger charge is -2.08. The summed E-state index contributed by atoms with van der Waals surface area (Å²) in [4.78, 5) is 30.0. The smallest absolute Gasteiger partial charge is 0.272 e. The zero-order chi connectivity index (χ0) is 15.2. The molecule has 108 valence electrons. The Kier molecular flexibility index (Phi) is 4.84. The van der Waals surface area contributed by atoms with Crippen molar-refractivity contribution in [3.8, 4) is 0 Å². The third kappa shape index (κ3) is 4.00. The van der Waals surface area contributed by atoms with Crippen molar-refractivity contribution in [2.24, 2.45) is 0 Å². The molecule has 0 aliphatic rings. The molecular weight excluding hydrogens is 294 g/mol. The van der Waals surface area contributed by atoms with Crippen LogP contribution in [0.2, 0.25) is 5.02 Å². The number of carboxylic acids is 1. The van der Waals surface area contributed by atoms with Gasteiger partial charge in [0, 0.05) is 24.0 Å². The fourth-order valence-electron chi connectivity index (χ4n) is 1.71. The van der Waals surface area contributed by atoms with E-state index in [2.05, 4.69) is 15.3 Å². The highest BCUT2D eigenvalue weighted by molar-refractivity contribution is 6.30. The Morgan fingerprint density at radius 2 is 1.71 bits per heavy atom. The van der Waals surface area contributed by atoms with E-state index in [0.29, 0.717) is 18.0 Å². The van der Waals surface area contributed by atoms with Crippen molar-refractivity contribution >= 4 is 23.5 Å². The number of halogens is 1. The maximum absolute atomic E-state index is 11.9. The Morgan fingerprint density at radius 3 is 2.33 bits per heavy atom. The monoisotopic (exact) mass is 304 g/mol. The standard InChI is InChI=1S/C14H12ClN3O3/c15-10-3-1-9(2-4-10)5-6-18-13(19)11-12(14(20)21)17-8-7-16-11/h1-4,7-8H,5-6H2,(H,18,19)(H,20,21)/p-1. The predicted octanol–water partition coefficient (Wildman–Crippen LogP) is 0.466. The third-order valence-electron chi connectivity index (χ3n) is 2.72. The Labute approximate surface area is 125 Å². The molecule has 0 spiro atoms. The molecule has 2 aromatic rings. The van der Waals surface area contributed by atoms with Crippen molar-refractivity contribution < 1.29 is 14.7 Å². The molecule has 1 aromatic carbocycles. The number of hydrogen-bond acceptors (Lipinski definition) is 5. The number of rotatable bonds is 5. The summed E-state index contributed by atoms with van der Waals surface area (Å²) in [7, 11) is 0. The molecule has 6 nitrogen and oxygen atoms in total. The van der Waals surface area contributed by atoms with Crippen LogP contribution in [0.1, 0.15) is 26.5 Å². The molecule has 0 fully saturated rings. The minimum absolute atomic E-state index is 0.256. The molecule has 1 amide bonds. The summed E-state index contributed by atoms with van der Waals surface area (Å²) in [6.45, 7) is 0.337. The van der Waals surface area contributed by atoms with E-state index in [1.165, 1.54) is 12.4 Å². The number of carboxylic acid groups (broad SMARTS) is 1. The lowest BCUT2D eigenvalue weighted by Crippen LogP contribution is -2.32. The number of aromatic carboxylic acids is 1. The van der Waals surface area contributed by atoms with Gasteiger partial charge in [-0.1, -0.05) is 23.7 Å². The van der Waals surface area contributed by atoms with Crippen LogP contribution in [0.25, 0.3) is 0 Å². The number of carbonyl (C=O) groups is 2. The highest BCUT2D eigenvalue weighted by atomic mass is 35.5. The van der Waals surface area contributed by atoms with Gasteiger partial charge in [0.25, 0.3) is 5.91 Å². The quantitative estimate of drug-likeness (QED) is 0.866. The molecule has 0 atom stereocenters. The second kappa shape index (κ2) is 6.81. The number of aromatic nitrogens is 2. The number of nitrogens with zero attached hydrogens (tertiary/aromatic N) is 2. The molecular formula is C14H11ClN3O3-. The van der Waals surface area contributed by atoms with Gasteiger partial charge in [0.05, 0.1) is 5.97 Å². The third-order valence-corrected chi connectivity index (χ3v) is 2.97. The maximum atomic E-state index is 11.9. The Morgan fingerprint density at radius 1 is 1.10 bits per heavy atom. The van der Waals surface area contributed by atoms with Crippen LogP contribution in [0.4, 0.5) is 0 Å². The molecule has 0 saturated carbocycles. The first-order chi connectivity index (χ1) is 10.1. The molecule has 21 heavy (non-hydrogen) atoms. The van der Waals surface area contributed by atoms with Gasteiger partial charge in [0.15, 0.2) is 5.69 Å². The van der Waals surface area contributed by atoms with Gasteiger partial charge in [-0.25, -0.2) is 4.98 Å². The van der Waals surface area contributed by atoms with Crippen molar-refractivity contribution in [2.75, 3.05) is 6.54 Å². The summed E-state index contributed by atoms with van der Waals surface area (Å²) in [5.41, 5.74) is 0.272. The van der Waals surface area contributed by atoms with Gasteiger partial charge in [0.1, 0.15) is 5.69 Å². The van der Waals surface area contributed by atoms with E-state index in [0.717, 1.165) is 5.56 Å². The van der Waals surface area contributed by atoms with E-state index in [4.69, 9.17) is 11.6 Å². The number of carbonyl (C=O) groups excluding carboxylic acids is 2. The Hall–Kier alpha value is -2.47.